The summed E-state index contributed by atoms with van der Waals surface area (Å²) in [4.78, 5) is 15.0. The summed E-state index contributed by atoms with van der Waals surface area (Å²) in [6.07, 6.45) is 2.36. The molecule has 1 saturated heterocycles. The molecule has 2 N–H and O–H groups in total. The van der Waals surface area contributed by atoms with Crippen molar-refractivity contribution in [3.63, 3.8) is 0 Å². The highest BCUT2D eigenvalue weighted by atomic mass is 32.2. The van der Waals surface area contributed by atoms with Crippen LogP contribution in [0.25, 0.3) is 0 Å². The van der Waals surface area contributed by atoms with Crippen LogP contribution in [0.3, 0.4) is 0 Å². The summed E-state index contributed by atoms with van der Waals surface area (Å²) >= 11 is 0. The molecule has 0 amide bonds. The second kappa shape index (κ2) is 8.53. The van der Waals surface area contributed by atoms with Crippen LogP contribution >= 0.6 is 0 Å². The Hall–Kier alpha value is -2.65. The maximum atomic E-state index is 14.8. The summed E-state index contributed by atoms with van der Waals surface area (Å²) in [5.74, 6) is 0.411. The highest BCUT2D eigenvalue weighted by Gasteiger charge is 2.51. The van der Waals surface area contributed by atoms with Gasteiger partial charge in [-0.3, -0.25) is 9.52 Å². The van der Waals surface area contributed by atoms with Gasteiger partial charge >= 0.3 is 0 Å². The van der Waals surface area contributed by atoms with Crippen molar-refractivity contribution in [2.24, 2.45) is 0 Å². The van der Waals surface area contributed by atoms with Gasteiger partial charge < -0.3 is 15.0 Å². The molecule has 1 saturated carbocycles. The lowest BCUT2D eigenvalue weighted by Crippen LogP contribution is -2.46. The van der Waals surface area contributed by atoms with E-state index in [1.165, 1.54) is 13.2 Å². The number of halogens is 1. The fourth-order valence-corrected chi connectivity index (χ4v) is 6.72. The number of carbonyl (C=O) groups excluding carboxylic acids is 1. The topological polar surface area (TPSA) is 87.7 Å². The van der Waals surface area contributed by atoms with Crippen LogP contribution in [0.1, 0.15) is 36.8 Å². The summed E-state index contributed by atoms with van der Waals surface area (Å²) in [6.45, 7) is 1.10. The predicted octanol–water partition coefficient (Wildman–Crippen LogP) is 3.50. The number of hydrogen-bond donors (Lipinski definition) is 2. The third-order valence-corrected chi connectivity index (χ3v) is 8.96. The minimum atomic E-state index is -3.95. The molecule has 5 rings (SSSR count). The molecule has 1 heterocycles. The van der Waals surface area contributed by atoms with Crippen LogP contribution in [0, 0.1) is 0 Å². The number of methoxy groups -OCH3 is 1. The van der Waals surface area contributed by atoms with Crippen molar-refractivity contribution >= 4 is 27.2 Å². The number of nitrogens with zero attached hydrogens (tertiary/aromatic N) is 1. The minimum absolute atomic E-state index is 0.0288. The summed E-state index contributed by atoms with van der Waals surface area (Å²) < 4.78 is 49.2. The maximum Gasteiger partial charge on any atom is 0.265 e. The number of nitrogens with one attached hydrogen (secondary N) is 2. The second-order valence-corrected chi connectivity index (χ2v) is 11.3. The van der Waals surface area contributed by atoms with Gasteiger partial charge in [0.15, 0.2) is 0 Å². The largest absolute Gasteiger partial charge is 0.495 e. The Morgan fingerprint density at radius 2 is 1.97 bits per heavy atom. The number of alkyl halides is 1. The van der Waals surface area contributed by atoms with Gasteiger partial charge in [-0.15, -0.1) is 0 Å². The number of rotatable bonds is 6. The van der Waals surface area contributed by atoms with E-state index in [4.69, 9.17) is 4.74 Å². The number of para-hydroxylation sites is 1. The van der Waals surface area contributed by atoms with Gasteiger partial charge in [-0.05, 0) is 61.7 Å². The van der Waals surface area contributed by atoms with E-state index in [0.29, 0.717) is 30.8 Å². The van der Waals surface area contributed by atoms with Gasteiger partial charge in [0.2, 0.25) is 0 Å². The third-order valence-electron chi connectivity index (χ3n) is 7.54. The first-order valence-electron chi connectivity index (χ1n) is 11.7. The van der Waals surface area contributed by atoms with Crippen molar-refractivity contribution in [2.75, 3.05) is 37.3 Å². The number of anilines is 2. The van der Waals surface area contributed by atoms with Gasteiger partial charge in [0, 0.05) is 25.2 Å². The van der Waals surface area contributed by atoms with Crippen molar-refractivity contribution in [3.05, 3.63) is 47.5 Å². The number of fused-ring (bicyclic) bond motifs is 2. The molecular formula is C25H30FN3O4S. The number of ether oxygens (including phenoxy) is 1. The Morgan fingerprint density at radius 1 is 1.21 bits per heavy atom. The van der Waals surface area contributed by atoms with Crippen LogP contribution in [0.15, 0.2) is 41.3 Å². The number of piperidine rings is 1. The number of likely N-dealkylation sites (tertiary alicyclic amines) is 1. The molecule has 2 fully saturated rings. The van der Waals surface area contributed by atoms with Gasteiger partial charge in [0.25, 0.3) is 10.0 Å². The van der Waals surface area contributed by atoms with E-state index in [0.717, 1.165) is 36.9 Å². The molecule has 34 heavy (non-hydrogen) atoms. The Bertz CT molecular complexity index is 1230. The van der Waals surface area contributed by atoms with E-state index in [1.807, 2.05) is 11.9 Å². The van der Waals surface area contributed by atoms with Gasteiger partial charge in [0.05, 0.1) is 24.3 Å². The molecule has 0 aromatic heterocycles. The van der Waals surface area contributed by atoms with E-state index in [1.54, 1.807) is 30.3 Å². The summed E-state index contributed by atoms with van der Waals surface area (Å²) in [6, 6.07) is 9.51. The van der Waals surface area contributed by atoms with E-state index < -0.39 is 27.7 Å². The molecule has 7 nitrogen and oxygen atoms in total. The average molecular weight is 488 g/mol. The van der Waals surface area contributed by atoms with Crippen LogP contribution in [0.2, 0.25) is 0 Å². The zero-order valence-electron chi connectivity index (χ0n) is 19.4. The van der Waals surface area contributed by atoms with Crippen molar-refractivity contribution in [1.82, 2.24) is 4.90 Å². The van der Waals surface area contributed by atoms with Gasteiger partial charge in [-0.25, -0.2) is 12.8 Å². The predicted molar refractivity (Wildman–Crippen MR) is 129 cm³/mol. The molecule has 3 aliphatic rings. The summed E-state index contributed by atoms with van der Waals surface area (Å²) in [7, 11) is -0.630. The van der Waals surface area contributed by atoms with Crippen LogP contribution in [-0.4, -0.2) is 58.6 Å². The van der Waals surface area contributed by atoms with Crippen molar-refractivity contribution in [3.8, 4) is 5.75 Å². The number of carbonyl (C=O) groups is 1. The zero-order valence-corrected chi connectivity index (χ0v) is 20.3. The highest BCUT2D eigenvalue weighted by Crippen LogP contribution is 2.53. The van der Waals surface area contributed by atoms with Crippen LogP contribution in [-0.2, 0) is 26.7 Å². The van der Waals surface area contributed by atoms with E-state index in [2.05, 4.69) is 10.0 Å². The Morgan fingerprint density at radius 3 is 2.65 bits per heavy atom. The molecule has 2 aromatic rings. The fraction of sp³-hybridized carbons (Fsp3) is 0.480. The monoisotopic (exact) mass is 487 g/mol. The number of ketones is 1. The number of Topliss-reactive ketones (excluding diaryl/α,β-unsaturated/α-hetero) is 1. The molecule has 1 aliphatic heterocycles. The Labute approximate surface area is 199 Å². The Balaban J connectivity index is 1.54. The summed E-state index contributed by atoms with van der Waals surface area (Å²) in [5, 5.41) is 3.33. The second-order valence-electron chi connectivity index (χ2n) is 9.66. The molecule has 0 radical (unpaired) electrons. The van der Waals surface area contributed by atoms with E-state index >= 15 is 0 Å². The summed E-state index contributed by atoms with van der Waals surface area (Å²) in [5.41, 5.74) is 2.20. The molecule has 2 aliphatic carbocycles. The lowest BCUT2D eigenvalue weighted by atomic mass is 9.64. The molecular weight excluding hydrogens is 457 g/mol. The normalized spacial score (nSPS) is 23.9. The number of benzene rings is 2. The third kappa shape index (κ3) is 3.84. The first kappa shape index (κ1) is 23.1. The first-order chi connectivity index (χ1) is 16.2. The van der Waals surface area contributed by atoms with Crippen LogP contribution < -0.4 is 14.8 Å². The van der Waals surface area contributed by atoms with E-state index in [-0.39, 0.29) is 16.4 Å². The van der Waals surface area contributed by atoms with Crippen LogP contribution in [0.5, 0.6) is 5.75 Å². The lowest BCUT2D eigenvalue weighted by molar-refractivity contribution is -0.125. The van der Waals surface area contributed by atoms with Crippen molar-refractivity contribution in [1.29, 1.82) is 0 Å². The zero-order chi connectivity index (χ0) is 24.1. The van der Waals surface area contributed by atoms with E-state index in [9.17, 15) is 17.6 Å². The SMILES string of the molecule is COc1ccccc1S(=O)(=O)Nc1cc(NC2CCN(C)CC2F)c2c(c1)C1(CCC1)C(=O)C2. The Kier molecular flexibility index (Phi) is 5.80. The van der Waals surface area contributed by atoms with Gasteiger partial charge in [-0.2, -0.15) is 0 Å². The minimum Gasteiger partial charge on any atom is -0.495 e. The molecule has 1 spiro atoms. The first-order valence-corrected chi connectivity index (χ1v) is 13.2. The number of hydrogen-bond acceptors (Lipinski definition) is 6. The standard InChI is InChI=1S/C25H30FN3O4S/c1-29-11-8-20(19(26)15-29)27-21-13-16(12-18-17(21)14-24(30)25(18)9-5-10-25)28-34(31,32)23-7-4-3-6-22(23)33-2/h3-4,6-7,12-13,19-20,27-28H,5,8-11,14-15H2,1-2H3. The molecule has 2 unspecified atom stereocenters. The van der Waals surface area contributed by atoms with Crippen LogP contribution in [0.4, 0.5) is 15.8 Å². The van der Waals surface area contributed by atoms with Gasteiger partial charge in [-0.1, -0.05) is 18.6 Å². The highest BCUT2D eigenvalue weighted by molar-refractivity contribution is 7.92. The lowest BCUT2D eigenvalue weighted by Gasteiger charge is -2.38. The average Bonchev–Trinajstić information content (AvgIpc) is 3.07. The molecule has 182 valence electrons. The van der Waals surface area contributed by atoms with Gasteiger partial charge in [0.1, 0.15) is 22.6 Å². The van der Waals surface area contributed by atoms with Crippen molar-refractivity contribution in [2.45, 2.75) is 54.6 Å². The molecule has 2 aromatic carbocycles. The molecule has 2 atom stereocenters. The number of sulfonamides is 1. The fourth-order valence-electron chi connectivity index (χ4n) is 5.51. The maximum absolute atomic E-state index is 14.8. The quantitative estimate of drug-likeness (QED) is 0.649. The molecule has 9 heteroatoms. The van der Waals surface area contributed by atoms with Crippen molar-refractivity contribution < 1.29 is 22.3 Å². The smallest absolute Gasteiger partial charge is 0.265 e. The molecule has 0 bridgehead atoms.